The molecule has 0 radical (unpaired) electrons. The maximum Gasteiger partial charge on any atom is 0.227 e. The Morgan fingerprint density at radius 2 is 1.92 bits per heavy atom. The van der Waals surface area contributed by atoms with Crippen molar-refractivity contribution >= 4 is 17.5 Å². The first kappa shape index (κ1) is 17.0. The Bertz CT molecular complexity index is 692. The van der Waals surface area contributed by atoms with Gasteiger partial charge in [0.2, 0.25) is 5.91 Å². The minimum Gasteiger partial charge on any atom is -0.340 e. The van der Waals surface area contributed by atoms with Gasteiger partial charge in [-0.15, -0.1) is 0 Å². The van der Waals surface area contributed by atoms with E-state index in [1.54, 1.807) is 0 Å². The van der Waals surface area contributed by atoms with Gasteiger partial charge in [-0.25, -0.2) is 4.98 Å². The first-order chi connectivity index (χ1) is 11.6. The molecule has 5 nitrogen and oxygen atoms in total. The van der Waals surface area contributed by atoms with Gasteiger partial charge in [-0.05, 0) is 18.6 Å². The first-order valence-corrected chi connectivity index (χ1v) is 8.72. The molecule has 0 bridgehead atoms. The van der Waals surface area contributed by atoms with Crippen LogP contribution in [0.1, 0.15) is 11.4 Å². The predicted molar refractivity (Wildman–Crippen MR) is 95.1 cm³/mol. The number of halogens is 1. The fourth-order valence-corrected chi connectivity index (χ4v) is 3.23. The number of hydrogen-bond donors (Lipinski definition) is 0. The zero-order valence-corrected chi connectivity index (χ0v) is 14.7. The van der Waals surface area contributed by atoms with Crippen LogP contribution in [0.25, 0.3) is 0 Å². The minimum atomic E-state index is 0.160. The van der Waals surface area contributed by atoms with Crippen molar-refractivity contribution in [3.05, 3.63) is 53.1 Å². The number of rotatable bonds is 5. The zero-order chi connectivity index (χ0) is 16.9. The summed E-state index contributed by atoms with van der Waals surface area (Å²) in [6.45, 7) is 7.36. The molecule has 0 unspecified atom stereocenters. The summed E-state index contributed by atoms with van der Waals surface area (Å²) in [6, 6.07) is 7.56. The van der Waals surface area contributed by atoms with Gasteiger partial charge < -0.3 is 9.47 Å². The third kappa shape index (κ3) is 4.16. The number of imidazole rings is 1. The third-order valence-corrected chi connectivity index (χ3v) is 4.97. The number of carbonyl (C=O) groups excluding carboxylic acids is 1. The second-order valence-corrected chi connectivity index (χ2v) is 6.57. The number of hydrogen-bond acceptors (Lipinski definition) is 3. The molecule has 24 heavy (non-hydrogen) atoms. The summed E-state index contributed by atoms with van der Waals surface area (Å²) in [5.41, 5.74) is 0.905. The summed E-state index contributed by atoms with van der Waals surface area (Å²) >= 11 is 6.15. The molecule has 1 saturated heterocycles. The Balaban J connectivity index is 1.45. The summed E-state index contributed by atoms with van der Waals surface area (Å²) in [5, 5.41) is 0.667. The standard InChI is InChI=1S/C18H23ClN4O/c1-15-20-6-7-22(15)11-8-21-9-12-23(13-10-21)18(24)14-16-4-2-3-5-17(16)19/h2-7H,8-14H2,1H3. The highest BCUT2D eigenvalue weighted by Gasteiger charge is 2.21. The summed E-state index contributed by atoms with van der Waals surface area (Å²) in [6.07, 6.45) is 4.23. The van der Waals surface area contributed by atoms with Gasteiger partial charge in [-0.2, -0.15) is 0 Å². The molecular formula is C18H23ClN4O. The Morgan fingerprint density at radius 1 is 1.17 bits per heavy atom. The number of nitrogens with zero attached hydrogens (tertiary/aromatic N) is 4. The van der Waals surface area contributed by atoms with Crippen LogP contribution in [0.15, 0.2) is 36.7 Å². The van der Waals surface area contributed by atoms with E-state index < -0.39 is 0 Å². The maximum absolute atomic E-state index is 12.5. The molecular weight excluding hydrogens is 324 g/mol. The van der Waals surface area contributed by atoms with Gasteiger partial charge in [-0.1, -0.05) is 29.8 Å². The van der Waals surface area contributed by atoms with Crippen molar-refractivity contribution in [2.45, 2.75) is 19.9 Å². The van der Waals surface area contributed by atoms with Crippen molar-refractivity contribution < 1.29 is 4.79 Å². The van der Waals surface area contributed by atoms with E-state index in [0.717, 1.165) is 50.7 Å². The van der Waals surface area contributed by atoms with E-state index in [4.69, 9.17) is 11.6 Å². The molecule has 2 heterocycles. The molecule has 1 fully saturated rings. The molecule has 0 aliphatic carbocycles. The average Bonchev–Trinajstić information content (AvgIpc) is 3.00. The molecule has 1 aliphatic heterocycles. The monoisotopic (exact) mass is 346 g/mol. The van der Waals surface area contributed by atoms with Crippen LogP contribution in [0.4, 0.5) is 0 Å². The fraction of sp³-hybridized carbons (Fsp3) is 0.444. The van der Waals surface area contributed by atoms with Crippen LogP contribution >= 0.6 is 11.6 Å². The SMILES string of the molecule is Cc1nccn1CCN1CCN(C(=O)Cc2ccccc2Cl)CC1. The van der Waals surface area contributed by atoms with E-state index >= 15 is 0 Å². The molecule has 3 rings (SSSR count). The van der Waals surface area contributed by atoms with E-state index in [-0.39, 0.29) is 5.91 Å². The van der Waals surface area contributed by atoms with Crippen LogP contribution in [0.5, 0.6) is 0 Å². The third-order valence-electron chi connectivity index (χ3n) is 4.61. The Morgan fingerprint density at radius 3 is 2.58 bits per heavy atom. The van der Waals surface area contributed by atoms with Crippen molar-refractivity contribution in [3.63, 3.8) is 0 Å². The first-order valence-electron chi connectivity index (χ1n) is 8.35. The van der Waals surface area contributed by atoms with Gasteiger partial charge in [0.05, 0.1) is 6.42 Å². The maximum atomic E-state index is 12.5. The zero-order valence-electron chi connectivity index (χ0n) is 14.0. The summed E-state index contributed by atoms with van der Waals surface area (Å²) < 4.78 is 2.16. The van der Waals surface area contributed by atoms with Crippen LogP contribution in [-0.4, -0.2) is 58.0 Å². The minimum absolute atomic E-state index is 0.160. The number of aromatic nitrogens is 2. The van der Waals surface area contributed by atoms with Gasteiger partial charge >= 0.3 is 0 Å². The molecule has 0 spiro atoms. The average molecular weight is 347 g/mol. The van der Waals surface area contributed by atoms with Crippen molar-refractivity contribution in [2.24, 2.45) is 0 Å². The van der Waals surface area contributed by atoms with Crippen LogP contribution in [-0.2, 0) is 17.8 Å². The van der Waals surface area contributed by atoms with Crippen molar-refractivity contribution in [1.29, 1.82) is 0 Å². The van der Waals surface area contributed by atoms with Gasteiger partial charge in [0.25, 0.3) is 0 Å². The lowest BCUT2D eigenvalue weighted by Gasteiger charge is -2.35. The number of benzene rings is 1. The van der Waals surface area contributed by atoms with Gasteiger partial charge in [0.1, 0.15) is 5.82 Å². The molecule has 2 aromatic rings. The quantitative estimate of drug-likeness (QED) is 0.833. The van der Waals surface area contributed by atoms with Gasteiger partial charge in [0.15, 0.2) is 0 Å². The molecule has 1 aromatic carbocycles. The van der Waals surface area contributed by atoms with E-state index in [1.807, 2.05) is 48.5 Å². The van der Waals surface area contributed by atoms with E-state index in [9.17, 15) is 4.79 Å². The molecule has 1 amide bonds. The number of carbonyl (C=O) groups is 1. The molecule has 0 N–H and O–H groups in total. The summed E-state index contributed by atoms with van der Waals surface area (Å²) in [4.78, 5) is 21.0. The van der Waals surface area contributed by atoms with Crippen LogP contribution in [0.2, 0.25) is 5.02 Å². The number of piperazine rings is 1. The van der Waals surface area contributed by atoms with Gasteiger partial charge in [0, 0.05) is 56.7 Å². The van der Waals surface area contributed by atoms with E-state index in [1.165, 1.54) is 0 Å². The second kappa shape index (κ2) is 7.81. The molecule has 1 aromatic heterocycles. The van der Waals surface area contributed by atoms with Crippen molar-refractivity contribution in [3.8, 4) is 0 Å². The fourth-order valence-electron chi connectivity index (χ4n) is 3.03. The lowest BCUT2D eigenvalue weighted by atomic mass is 10.1. The van der Waals surface area contributed by atoms with Crippen LogP contribution < -0.4 is 0 Å². The molecule has 1 aliphatic rings. The summed E-state index contributed by atoms with van der Waals surface area (Å²) in [7, 11) is 0. The highest BCUT2D eigenvalue weighted by atomic mass is 35.5. The number of amides is 1. The smallest absolute Gasteiger partial charge is 0.227 e. The van der Waals surface area contributed by atoms with E-state index in [0.29, 0.717) is 11.4 Å². The van der Waals surface area contributed by atoms with E-state index in [2.05, 4.69) is 14.5 Å². The van der Waals surface area contributed by atoms with Crippen molar-refractivity contribution in [1.82, 2.24) is 19.4 Å². The van der Waals surface area contributed by atoms with Crippen molar-refractivity contribution in [2.75, 3.05) is 32.7 Å². The molecule has 128 valence electrons. The van der Waals surface area contributed by atoms with Crippen LogP contribution in [0.3, 0.4) is 0 Å². The lowest BCUT2D eigenvalue weighted by Crippen LogP contribution is -2.49. The number of aryl methyl sites for hydroxylation is 1. The Kier molecular flexibility index (Phi) is 5.53. The topological polar surface area (TPSA) is 41.4 Å². The van der Waals surface area contributed by atoms with Gasteiger partial charge in [-0.3, -0.25) is 9.69 Å². The second-order valence-electron chi connectivity index (χ2n) is 6.16. The molecule has 0 saturated carbocycles. The highest BCUT2D eigenvalue weighted by molar-refractivity contribution is 6.31. The highest BCUT2D eigenvalue weighted by Crippen LogP contribution is 2.16. The van der Waals surface area contributed by atoms with Crippen LogP contribution in [0, 0.1) is 6.92 Å². The lowest BCUT2D eigenvalue weighted by molar-refractivity contribution is -0.132. The largest absolute Gasteiger partial charge is 0.340 e. The summed E-state index contributed by atoms with van der Waals surface area (Å²) in [5.74, 6) is 1.21. The predicted octanol–water partition coefficient (Wildman–Crippen LogP) is 2.23. The molecule has 6 heteroatoms. The normalized spacial score (nSPS) is 15.7. The Labute approximate surface area is 147 Å². The Hall–Kier alpha value is -1.85. The molecule has 0 atom stereocenters.